The molecule has 0 saturated heterocycles. The van der Waals surface area contributed by atoms with Crippen molar-refractivity contribution in [1.82, 2.24) is 0 Å². The van der Waals surface area contributed by atoms with Gasteiger partial charge in [-0.05, 0) is 0 Å². The topological polar surface area (TPSA) is 18.5 Å². The lowest BCUT2D eigenvalue weighted by Gasteiger charge is -2.23. The van der Waals surface area contributed by atoms with Gasteiger partial charge in [0.25, 0.3) is 0 Å². The highest BCUT2D eigenvalue weighted by molar-refractivity contribution is 6.66. The van der Waals surface area contributed by atoms with Crippen LogP contribution in [0, 0.1) is 0 Å². The van der Waals surface area contributed by atoms with Crippen LogP contribution in [-0.2, 0) is 8.85 Å². The largest absolute Gasteiger partial charge is 0.519 e. The van der Waals surface area contributed by atoms with E-state index in [1.54, 1.807) is 0 Å². The molecule has 0 aliphatic rings. The molecule has 0 unspecified atom stereocenters. The van der Waals surface area contributed by atoms with Crippen molar-refractivity contribution in [1.29, 1.82) is 0 Å². The van der Waals surface area contributed by atoms with Gasteiger partial charge in [0.15, 0.2) is 0 Å². The zero-order valence-electron chi connectivity index (χ0n) is 7.30. The molecule has 0 fully saturated rings. The van der Waals surface area contributed by atoms with Gasteiger partial charge in [-0.3, -0.25) is 0 Å². The first kappa shape index (κ1) is 10.3. The molecule has 0 saturated carbocycles. The lowest BCUT2D eigenvalue weighted by molar-refractivity contribution is 0.311. The summed E-state index contributed by atoms with van der Waals surface area (Å²) in [5.41, 5.74) is 0. The van der Waals surface area contributed by atoms with Crippen molar-refractivity contribution < 1.29 is 8.85 Å². The van der Waals surface area contributed by atoms with E-state index < -0.39 is 8.56 Å². The lowest BCUT2D eigenvalue weighted by atomic mass is 10.6. The zero-order chi connectivity index (χ0) is 8.74. The highest BCUT2D eigenvalue weighted by Crippen LogP contribution is 2.15. The molecule has 0 aromatic carbocycles. The van der Waals surface area contributed by atoms with Gasteiger partial charge < -0.3 is 8.85 Å². The number of rotatable bonds is 6. The van der Waals surface area contributed by atoms with Gasteiger partial charge in [-0.2, -0.15) is 0 Å². The average Bonchev–Trinajstić information content (AvgIpc) is 1.88. The van der Waals surface area contributed by atoms with Crippen LogP contribution in [-0.4, -0.2) is 8.56 Å². The summed E-state index contributed by atoms with van der Waals surface area (Å²) < 4.78 is 10.6. The molecule has 0 bridgehead atoms. The van der Waals surface area contributed by atoms with E-state index in [2.05, 4.69) is 20.1 Å². The summed E-state index contributed by atoms with van der Waals surface area (Å²) in [6.45, 7) is 11.1. The second-order valence-corrected chi connectivity index (χ2v) is 5.69. The lowest BCUT2D eigenvalue weighted by Crippen LogP contribution is -2.34. The predicted octanol–water partition coefficient (Wildman–Crippen LogP) is 2.79. The highest BCUT2D eigenvalue weighted by Gasteiger charge is 2.31. The Bertz CT molecular complexity index is 124. The molecule has 64 valence electrons. The van der Waals surface area contributed by atoms with E-state index >= 15 is 0 Å². The molecule has 0 aromatic heterocycles. The van der Waals surface area contributed by atoms with E-state index in [0.717, 1.165) is 12.5 Å². The zero-order valence-corrected chi connectivity index (χ0v) is 8.30. The summed E-state index contributed by atoms with van der Waals surface area (Å²) >= 11 is 0. The van der Waals surface area contributed by atoms with Crippen molar-refractivity contribution >= 4 is 8.56 Å². The predicted molar refractivity (Wildman–Crippen MR) is 49.3 cm³/mol. The Balaban J connectivity index is 3.98. The van der Waals surface area contributed by atoms with Crippen molar-refractivity contribution in [3.63, 3.8) is 0 Å². The number of hydrogen-bond donors (Lipinski definition) is 0. The van der Waals surface area contributed by atoms with E-state index in [9.17, 15) is 0 Å². The second kappa shape index (κ2) is 5.01. The molecule has 0 aliphatic carbocycles. The Morgan fingerprint density at radius 1 is 1.27 bits per heavy atom. The monoisotopic (exact) mass is 172 g/mol. The molecule has 0 aliphatic heterocycles. The van der Waals surface area contributed by atoms with E-state index in [1.165, 1.54) is 12.5 Å². The summed E-state index contributed by atoms with van der Waals surface area (Å²) in [5, 5.41) is 0. The molecule has 0 spiro atoms. The summed E-state index contributed by atoms with van der Waals surface area (Å²) in [4.78, 5) is 0. The van der Waals surface area contributed by atoms with Crippen LogP contribution < -0.4 is 0 Å². The Hall–Kier alpha value is -0.703. The fraction of sp³-hybridized carbons (Fsp3) is 0.500. The fourth-order valence-electron chi connectivity index (χ4n) is 0.952. The van der Waals surface area contributed by atoms with Crippen LogP contribution in [0.1, 0.15) is 13.3 Å². The molecular weight excluding hydrogens is 156 g/mol. The minimum Gasteiger partial charge on any atom is -0.519 e. The molecule has 2 nitrogen and oxygen atoms in total. The normalized spacial score (nSPS) is 10.4. The van der Waals surface area contributed by atoms with E-state index in [0.29, 0.717) is 0 Å². The third kappa shape index (κ3) is 3.88. The Labute approximate surface area is 69.8 Å². The molecule has 0 heterocycles. The summed E-state index contributed by atoms with van der Waals surface area (Å²) in [5.74, 6) is 0. The molecule has 0 rings (SSSR count). The maximum absolute atomic E-state index is 5.32. The van der Waals surface area contributed by atoms with Gasteiger partial charge in [0.2, 0.25) is 0 Å². The van der Waals surface area contributed by atoms with Crippen molar-refractivity contribution in [3.8, 4) is 0 Å². The van der Waals surface area contributed by atoms with Crippen LogP contribution in [0.3, 0.4) is 0 Å². The van der Waals surface area contributed by atoms with Crippen molar-refractivity contribution in [2.75, 3.05) is 0 Å². The third-order valence-electron chi connectivity index (χ3n) is 1.37. The first-order chi connectivity index (χ1) is 5.18. The van der Waals surface area contributed by atoms with Crippen LogP contribution in [0.15, 0.2) is 25.7 Å². The molecule has 0 atom stereocenters. The molecular formula is C8H16O2Si. The van der Waals surface area contributed by atoms with Crippen LogP contribution in [0.25, 0.3) is 0 Å². The highest BCUT2D eigenvalue weighted by atomic mass is 28.4. The molecule has 11 heavy (non-hydrogen) atoms. The van der Waals surface area contributed by atoms with E-state index in [-0.39, 0.29) is 0 Å². The molecule has 0 N–H and O–H groups in total. The van der Waals surface area contributed by atoms with Gasteiger partial charge in [-0.25, -0.2) is 0 Å². The maximum atomic E-state index is 5.32. The smallest absolute Gasteiger partial charge is 0.456 e. The third-order valence-corrected chi connectivity index (χ3v) is 4.11. The minimum absolute atomic E-state index is 0.963. The molecule has 0 radical (unpaired) electrons. The van der Waals surface area contributed by atoms with Gasteiger partial charge in [0.1, 0.15) is 0 Å². The van der Waals surface area contributed by atoms with Crippen molar-refractivity contribution in [2.24, 2.45) is 0 Å². The van der Waals surface area contributed by atoms with E-state index in [4.69, 9.17) is 8.85 Å². The second-order valence-electron chi connectivity index (χ2n) is 2.45. The minimum atomic E-state index is -1.99. The summed E-state index contributed by atoms with van der Waals surface area (Å²) in [7, 11) is -1.99. The summed E-state index contributed by atoms with van der Waals surface area (Å²) in [6.07, 6.45) is 3.96. The molecule has 0 aromatic rings. The first-order valence-electron chi connectivity index (χ1n) is 3.76. The Morgan fingerprint density at radius 3 is 2.00 bits per heavy atom. The van der Waals surface area contributed by atoms with Gasteiger partial charge in [0, 0.05) is 12.6 Å². The van der Waals surface area contributed by atoms with Crippen molar-refractivity contribution in [3.05, 3.63) is 25.7 Å². The quantitative estimate of drug-likeness (QED) is 0.453. The SMILES string of the molecule is C=CO[Si](C)(CCC)OC=C. The Morgan fingerprint density at radius 2 is 1.73 bits per heavy atom. The van der Waals surface area contributed by atoms with Crippen LogP contribution in [0.5, 0.6) is 0 Å². The molecule has 3 heteroatoms. The van der Waals surface area contributed by atoms with Gasteiger partial charge in [-0.1, -0.05) is 26.5 Å². The summed E-state index contributed by atoms with van der Waals surface area (Å²) in [6, 6.07) is 0.963. The van der Waals surface area contributed by atoms with Crippen LogP contribution >= 0.6 is 0 Å². The fourth-order valence-corrected chi connectivity index (χ4v) is 2.86. The Kier molecular flexibility index (Phi) is 4.69. The van der Waals surface area contributed by atoms with Gasteiger partial charge in [-0.15, -0.1) is 0 Å². The number of hydrogen-bond acceptors (Lipinski definition) is 2. The molecule has 0 amide bonds. The van der Waals surface area contributed by atoms with Crippen molar-refractivity contribution in [2.45, 2.75) is 25.9 Å². The van der Waals surface area contributed by atoms with E-state index in [1.807, 2.05) is 6.55 Å². The maximum Gasteiger partial charge on any atom is 0.456 e. The van der Waals surface area contributed by atoms with Crippen LogP contribution in [0.4, 0.5) is 0 Å². The first-order valence-corrected chi connectivity index (χ1v) is 6.28. The van der Waals surface area contributed by atoms with Gasteiger partial charge in [0.05, 0.1) is 12.5 Å². The van der Waals surface area contributed by atoms with Gasteiger partial charge >= 0.3 is 8.56 Å². The van der Waals surface area contributed by atoms with Crippen LogP contribution in [0.2, 0.25) is 12.6 Å². The standard InChI is InChI=1S/C8H16O2Si/c1-5-8-11(4,9-6-2)10-7-3/h6-7H,2-3,5,8H2,1,4H3. The average molecular weight is 172 g/mol.